The summed E-state index contributed by atoms with van der Waals surface area (Å²) >= 11 is 1.77. The number of thiazole rings is 1. The van der Waals surface area contributed by atoms with Crippen LogP contribution in [0, 0.1) is 5.41 Å². The van der Waals surface area contributed by atoms with Gasteiger partial charge < -0.3 is 4.90 Å². The molecule has 172 valence electrons. The maximum absolute atomic E-state index is 12.6. The number of piperazine rings is 1. The van der Waals surface area contributed by atoms with Crippen LogP contribution in [0.25, 0.3) is 20.8 Å². The van der Waals surface area contributed by atoms with Gasteiger partial charge in [-0.1, -0.05) is 18.3 Å². The number of fused-ring (bicyclic) bond motifs is 1. The average Bonchev–Trinajstić information content (AvgIpc) is 3.29. The molecule has 0 bridgehead atoms. The topological polar surface area (TPSA) is 56.5 Å². The summed E-state index contributed by atoms with van der Waals surface area (Å²) in [5.41, 5.74) is 2.87. The molecule has 33 heavy (non-hydrogen) atoms. The summed E-state index contributed by atoms with van der Waals surface area (Å²) < 4.78 is 3.52. The summed E-state index contributed by atoms with van der Waals surface area (Å²) in [4.78, 5) is 28.4. The first-order chi connectivity index (χ1) is 16.0. The second kappa shape index (κ2) is 8.02. The van der Waals surface area contributed by atoms with Crippen LogP contribution < -0.4 is 14.4 Å². The Balaban J connectivity index is 1.32. The number of carbonyl (C=O) groups is 1. The van der Waals surface area contributed by atoms with Crippen molar-refractivity contribution in [2.75, 3.05) is 49.6 Å². The van der Waals surface area contributed by atoms with E-state index in [9.17, 15) is 4.79 Å². The van der Waals surface area contributed by atoms with Gasteiger partial charge in [0.05, 0.1) is 12.1 Å². The highest BCUT2D eigenvalue weighted by molar-refractivity contribution is 7.21. The summed E-state index contributed by atoms with van der Waals surface area (Å²) in [5, 5.41) is 1.20. The fourth-order valence-electron chi connectivity index (χ4n) is 5.23. The number of aromatic nitrogens is 3. The quantitative estimate of drug-likeness (QED) is 0.544. The molecule has 3 aromatic rings. The number of rotatable bonds is 5. The minimum Gasteiger partial charge on any atom is -0.356 e. The Labute approximate surface area is 198 Å². The SMILES string of the molecule is CCC[n+]1c(-c2ccc(N3CCC4(CC4)C3)nc2)sc2cc(N3CCN(C)CC3=O)ncc21. The molecule has 3 fully saturated rings. The largest absolute Gasteiger partial charge is 0.356 e. The number of hydrogen-bond donors (Lipinski definition) is 0. The van der Waals surface area contributed by atoms with Crippen LogP contribution in [-0.4, -0.2) is 60.5 Å². The van der Waals surface area contributed by atoms with E-state index in [-0.39, 0.29) is 5.91 Å². The van der Waals surface area contributed by atoms with Crippen LogP contribution in [0.4, 0.5) is 11.6 Å². The highest BCUT2D eigenvalue weighted by Gasteiger charge is 2.47. The normalized spacial score (nSPS) is 20.4. The second-order valence-electron chi connectivity index (χ2n) is 9.93. The van der Waals surface area contributed by atoms with Gasteiger partial charge in [-0.25, -0.2) is 9.97 Å². The Morgan fingerprint density at radius 3 is 2.64 bits per heavy atom. The predicted octanol–water partition coefficient (Wildman–Crippen LogP) is 3.32. The number of carbonyl (C=O) groups excluding carboxylic acids is 1. The molecule has 1 amide bonds. The Morgan fingerprint density at radius 1 is 1.09 bits per heavy atom. The van der Waals surface area contributed by atoms with Crippen LogP contribution in [-0.2, 0) is 11.3 Å². The van der Waals surface area contributed by atoms with E-state index in [2.05, 4.69) is 39.5 Å². The van der Waals surface area contributed by atoms with Gasteiger partial charge in [-0.3, -0.25) is 14.6 Å². The van der Waals surface area contributed by atoms with Gasteiger partial charge in [-0.15, -0.1) is 0 Å². The van der Waals surface area contributed by atoms with Gasteiger partial charge >= 0.3 is 0 Å². The smallest absolute Gasteiger partial charge is 0.271 e. The molecule has 3 aliphatic rings. The molecule has 7 nitrogen and oxygen atoms in total. The molecule has 8 heteroatoms. The van der Waals surface area contributed by atoms with E-state index in [1.54, 1.807) is 11.3 Å². The third-order valence-electron chi connectivity index (χ3n) is 7.42. The lowest BCUT2D eigenvalue weighted by Crippen LogP contribution is -2.49. The van der Waals surface area contributed by atoms with Gasteiger partial charge in [0, 0.05) is 44.9 Å². The summed E-state index contributed by atoms with van der Waals surface area (Å²) in [7, 11) is 1.98. The fraction of sp³-hybridized carbons (Fsp3) is 0.520. The van der Waals surface area contributed by atoms with Crippen molar-refractivity contribution in [3.63, 3.8) is 0 Å². The van der Waals surface area contributed by atoms with Gasteiger partial charge in [-0.2, -0.15) is 4.57 Å². The molecule has 0 atom stereocenters. The molecule has 2 aliphatic heterocycles. The summed E-state index contributed by atoms with van der Waals surface area (Å²) in [5.74, 6) is 1.97. The zero-order valence-corrected chi connectivity index (χ0v) is 20.3. The van der Waals surface area contributed by atoms with Crippen molar-refractivity contribution >= 4 is 39.1 Å². The molecule has 0 unspecified atom stereocenters. The number of aryl methyl sites for hydroxylation is 1. The molecule has 5 heterocycles. The first-order valence-electron chi connectivity index (χ1n) is 12.1. The molecule has 0 aromatic carbocycles. The number of likely N-dealkylation sites (N-methyl/N-ethyl adjacent to an activating group) is 1. The van der Waals surface area contributed by atoms with Crippen LogP contribution >= 0.6 is 11.3 Å². The molecule has 0 radical (unpaired) electrons. The zero-order valence-electron chi connectivity index (χ0n) is 19.5. The lowest BCUT2D eigenvalue weighted by atomic mass is 10.1. The molecule has 1 spiro atoms. The van der Waals surface area contributed by atoms with E-state index in [1.165, 1.54) is 24.3 Å². The number of pyridine rings is 2. The van der Waals surface area contributed by atoms with Crippen LogP contribution in [0.3, 0.4) is 0 Å². The average molecular weight is 464 g/mol. The van der Waals surface area contributed by atoms with E-state index in [0.29, 0.717) is 18.5 Å². The third-order valence-corrected chi connectivity index (χ3v) is 8.62. The number of amides is 1. The zero-order chi connectivity index (χ0) is 22.6. The van der Waals surface area contributed by atoms with E-state index in [4.69, 9.17) is 9.97 Å². The van der Waals surface area contributed by atoms with Crippen molar-refractivity contribution < 1.29 is 9.36 Å². The van der Waals surface area contributed by atoms with Crippen molar-refractivity contribution in [1.29, 1.82) is 0 Å². The van der Waals surface area contributed by atoms with Crippen molar-refractivity contribution in [2.24, 2.45) is 5.41 Å². The van der Waals surface area contributed by atoms with Gasteiger partial charge in [-0.05, 0) is 43.9 Å². The van der Waals surface area contributed by atoms with Gasteiger partial charge in [0.1, 0.15) is 29.1 Å². The first kappa shape index (κ1) is 21.0. The van der Waals surface area contributed by atoms with Crippen LogP contribution in [0.1, 0.15) is 32.6 Å². The molecule has 1 saturated carbocycles. The Bertz CT molecular complexity index is 1200. The van der Waals surface area contributed by atoms with E-state index < -0.39 is 0 Å². The Hall–Kier alpha value is -2.58. The number of hydrogen-bond acceptors (Lipinski definition) is 6. The fourth-order valence-corrected chi connectivity index (χ4v) is 6.41. The van der Waals surface area contributed by atoms with Crippen LogP contribution in [0.15, 0.2) is 30.6 Å². The lowest BCUT2D eigenvalue weighted by Gasteiger charge is -2.31. The minimum absolute atomic E-state index is 0.114. The van der Waals surface area contributed by atoms with Crippen LogP contribution in [0.2, 0.25) is 0 Å². The van der Waals surface area contributed by atoms with Crippen molar-refractivity contribution in [2.45, 2.75) is 39.2 Å². The molecular weight excluding hydrogens is 432 g/mol. The maximum Gasteiger partial charge on any atom is 0.271 e. The van der Waals surface area contributed by atoms with E-state index >= 15 is 0 Å². The summed E-state index contributed by atoms with van der Waals surface area (Å²) in [6.07, 6.45) is 9.10. The highest BCUT2D eigenvalue weighted by Crippen LogP contribution is 2.53. The lowest BCUT2D eigenvalue weighted by molar-refractivity contribution is -0.656. The van der Waals surface area contributed by atoms with Gasteiger partial charge in [0.25, 0.3) is 5.01 Å². The third kappa shape index (κ3) is 3.79. The van der Waals surface area contributed by atoms with Gasteiger partial charge in [0.2, 0.25) is 11.4 Å². The molecule has 6 rings (SSSR count). The second-order valence-corrected chi connectivity index (χ2v) is 11.0. The first-order valence-corrected chi connectivity index (χ1v) is 12.9. The molecule has 3 aromatic heterocycles. The number of nitrogens with zero attached hydrogens (tertiary/aromatic N) is 6. The minimum atomic E-state index is 0.114. The van der Waals surface area contributed by atoms with Crippen molar-refractivity contribution in [3.8, 4) is 10.6 Å². The summed E-state index contributed by atoms with van der Waals surface area (Å²) in [6.45, 7) is 7.42. The Kier molecular flexibility index (Phi) is 5.10. The molecule has 1 aliphatic carbocycles. The Morgan fingerprint density at radius 2 is 1.94 bits per heavy atom. The van der Waals surface area contributed by atoms with Crippen LogP contribution in [0.5, 0.6) is 0 Å². The standard InChI is InChI=1S/C25H31N6OS/c1-3-9-30-19-15-27-22(31-12-11-28(2)16-23(31)32)13-20(19)33-24(30)18-4-5-21(26-14-18)29-10-8-25(17-29)6-7-25/h4-5,13-15H,3,6-12,16-17H2,1-2H3/q+1. The van der Waals surface area contributed by atoms with Crippen molar-refractivity contribution in [3.05, 3.63) is 30.6 Å². The molecular formula is C25H31N6OS+. The molecule has 2 saturated heterocycles. The maximum atomic E-state index is 12.6. The van der Waals surface area contributed by atoms with Gasteiger partial charge in [0.15, 0.2) is 0 Å². The monoisotopic (exact) mass is 463 g/mol. The predicted molar refractivity (Wildman–Crippen MR) is 132 cm³/mol. The van der Waals surface area contributed by atoms with Crippen molar-refractivity contribution in [1.82, 2.24) is 14.9 Å². The summed E-state index contributed by atoms with van der Waals surface area (Å²) in [6, 6.07) is 6.49. The van der Waals surface area contributed by atoms with E-state index in [1.807, 2.05) is 24.3 Å². The van der Waals surface area contributed by atoms with E-state index in [0.717, 1.165) is 60.0 Å². The number of anilines is 2. The highest BCUT2D eigenvalue weighted by atomic mass is 32.1. The molecule has 0 N–H and O–H groups in total.